The zero-order valence-electron chi connectivity index (χ0n) is 34.2. The molecule has 16 heteroatoms. The van der Waals surface area contributed by atoms with Crippen molar-refractivity contribution in [3.05, 3.63) is 94.9 Å². The van der Waals surface area contributed by atoms with Crippen molar-refractivity contribution < 1.29 is 76.9 Å². The van der Waals surface area contributed by atoms with Crippen LogP contribution < -0.4 is 0 Å². The summed E-state index contributed by atoms with van der Waals surface area (Å²) in [6.07, 6.45) is 16.4. The van der Waals surface area contributed by atoms with Crippen molar-refractivity contribution in [2.75, 3.05) is 0 Å². The SMILES string of the molecule is CCCC1(CCCCC2(CC)OC(=O)C(=CC=CC=CC3=C(O)OC(CC)(CC)OC3=O)C(=O)O2)OC(=O)C(=CC=CC=CC2=C(O)OC(CC)(CC)OC2=O)C(=O)O1. The molecule has 4 heterocycles. The Morgan fingerprint density at radius 3 is 1.08 bits per heavy atom. The van der Waals surface area contributed by atoms with Crippen LogP contribution in [0, 0.1) is 0 Å². The van der Waals surface area contributed by atoms with Gasteiger partial charge in [-0.1, -0.05) is 78.0 Å². The molecule has 320 valence electrons. The Kier molecular flexibility index (Phi) is 15.2. The Bertz CT molecular complexity index is 1870. The smallest absolute Gasteiger partial charge is 0.348 e. The number of allylic oxidation sites excluding steroid dienone is 8. The first-order valence-corrected chi connectivity index (χ1v) is 19.8. The second kappa shape index (κ2) is 19.6. The number of rotatable bonds is 18. The van der Waals surface area contributed by atoms with Crippen LogP contribution >= 0.6 is 0 Å². The van der Waals surface area contributed by atoms with Crippen molar-refractivity contribution in [3.63, 3.8) is 0 Å². The second-order valence-electron chi connectivity index (χ2n) is 14.0. The minimum Gasteiger partial charge on any atom is -0.480 e. The summed E-state index contributed by atoms with van der Waals surface area (Å²) < 4.78 is 44.1. The third-order valence-corrected chi connectivity index (χ3v) is 10.2. The van der Waals surface area contributed by atoms with Crippen LogP contribution in [-0.4, -0.2) is 69.2 Å². The largest absolute Gasteiger partial charge is 0.480 e. The Balaban J connectivity index is 1.31. The highest BCUT2D eigenvalue weighted by atomic mass is 16.8. The maximum atomic E-state index is 13.0. The van der Waals surface area contributed by atoms with Gasteiger partial charge >= 0.3 is 35.8 Å². The topological polar surface area (TPSA) is 217 Å². The molecule has 0 bridgehead atoms. The van der Waals surface area contributed by atoms with Crippen LogP contribution in [0.25, 0.3) is 0 Å². The third kappa shape index (κ3) is 10.7. The quantitative estimate of drug-likeness (QED) is 0.0350. The van der Waals surface area contributed by atoms with Crippen molar-refractivity contribution >= 4 is 35.8 Å². The van der Waals surface area contributed by atoms with Crippen LogP contribution in [0.2, 0.25) is 0 Å². The Morgan fingerprint density at radius 2 is 0.746 bits per heavy atom. The van der Waals surface area contributed by atoms with E-state index in [1.54, 1.807) is 34.6 Å². The van der Waals surface area contributed by atoms with Crippen LogP contribution in [-0.2, 0) is 66.7 Å². The van der Waals surface area contributed by atoms with E-state index in [1.807, 2.05) is 6.92 Å². The van der Waals surface area contributed by atoms with Crippen molar-refractivity contribution in [3.8, 4) is 0 Å². The van der Waals surface area contributed by atoms with E-state index in [4.69, 9.17) is 37.9 Å². The molecule has 2 saturated heterocycles. The number of ether oxygens (including phenoxy) is 8. The number of unbranched alkanes of at least 4 members (excludes halogenated alkanes) is 1. The second-order valence-corrected chi connectivity index (χ2v) is 14.0. The summed E-state index contributed by atoms with van der Waals surface area (Å²) in [5.41, 5.74) is -1.10. The van der Waals surface area contributed by atoms with E-state index in [-0.39, 0.29) is 48.0 Å². The monoisotopic (exact) mass is 824 g/mol. The summed E-state index contributed by atoms with van der Waals surface area (Å²) in [4.78, 5) is 76.7. The van der Waals surface area contributed by atoms with Crippen LogP contribution in [0.5, 0.6) is 0 Å². The van der Waals surface area contributed by atoms with Gasteiger partial charge in [0.1, 0.15) is 22.3 Å². The molecule has 0 unspecified atom stereocenters. The third-order valence-electron chi connectivity index (χ3n) is 10.2. The molecule has 2 N–H and O–H groups in total. The van der Waals surface area contributed by atoms with Crippen LogP contribution in [0.15, 0.2) is 94.9 Å². The van der Waals surface area contributed by atoms with Crippen molar-refractivity contribution in [1.82, 2.24) is 0 Å². The lowest BCUT2D eigenvalue weighted by molar-refractivity contribution is -0.245. The predicted molar refractivity (Wildman–Crippen MR) is 207 cm³/mol. The fourth-order valence-corrected chi connectivity index (χ4v) is 6.52. The first-order valence-electron chi connectivity index (χ1n) is 19.8. The Labute approximate surface area is 342 Å². The van der Waals surface area contributed by atoms with Crippen LogP contribution in [0.1, 0.15) is 112 Å². The molecule has 0 aromatic rings. The summed E-state index contributed by atoms with van der Waals surface area (Å²) in [5.74, 6) is -11.8. The summed E-state index contributed by atoms with van der Waals surface area (Å²) in [6, 6.07) is 0. The highest BCUT2D eigenvalue weighted by Gasteiger charge is 2.47. The zero-order valence-corrected chi connectivity index (χ0v) is 34.2. The fourth-order valence-electron chi connectivity index (χ4n) is 6.52. The normalized spacial score (nSPS) is 24.5. The lowest BCUT2D eigenvalue weighted by Crippen LogP contribution is -2.47. The molecule has 0 radical (unpaired) electrons. The molecule has 0 spiro atoms. The number of cyclic esters (lactones) is 6. The molecule has 4 aliphatic rings. The van der Waals surface area contributed by atoms with Gasteiger partial charge in [0.2, 0.25) is 0 Å². The number of aliphatic hydroxyl groups excluding tert-OH is 2. The summed E-state index contributed by atoms with van der Waals surface area (Å²) in [5, 5.41) is 20.5. The first kappa shape index (κ1) is 45.6. The number of hydrogen-bond donors (Lipinski definition) is 2. The summed E-state index contributed by atoms with van der Waals surface area (Å²) in [7, 11) is 0. The average Bonchev–Trinajstić information content (AvgIpc) is 3.19. The van der Waals surface area contributed by atoms with Gasteiger partial charge in [-0.2, -0.15) is 0 Å². The van der Waals surface area contributed by atoms with Crippen molar-refractivity contribution in [2.45, 2.75) is 135 Å². The van der Waals surface area contributed by atoms with Crippen LogP contribution in [0.3, 0.4) is 0 Å². The summed E-state index contributed by atoms with van der Waals surface area (Å²) in [6.45, 7) is 10.6. The minimum atomic E-state index is -1.55. The zero-order chi connectivity index (χ0) is 43.4. The Morgan fingerprint density at radius 1 is 0.407 bits per heavy atom. The molecule has 4 aliphatic heterocycles. The van der Waals surface area contributed by atoms with E-state index in [0.717, 1.165) is 0 Å². The molecule has 0 aromatic heterocycles. The predicted octanol–water partition coefficient (Wildman–Crippen LogP) is 7.15. The average molecular weight is 825 g/mol. The number of carbonyl (C=O) groups excluding carboxylic acids is 6. The van der Waals surface area contributed by atoms with Gasteiger partial charge in [-0.3, -0.25) is 0 Å². The van der Waals surface area contributed by atoms with Crippen molar-refractivity contribution in [1.29, 1.82) is 0 Å². The van der Waals surface area contributed by atoms with Gasteiger partial charge in [0, 0.05) is 51.4 Å². The van der Waals surface area contributed by atoms with Crippen LogP contribution in [0.4, 0.5) is 0 Å². The minimum absolute atomic E-state index is 0.116. The summed E-state index contributed by atoms with van der Waals surface area (Å²) >= 11 is 0. The number of hydrogen-bond acceptors (Lipinski definition) is 16. The Hall–Kier alpha value is -6.06. The van der Waals surface area contributed by atoms with Gasteiger partial charge < -0.3 is 48.1 Å². The highest BCUT2D eigenvalue weighted by Crippen LogP contribution is 2.37. The van der Waals surface area contributed by atoms with Crippen molar-refractivity contribution in [2.24, 2.45) is 0 Å². The molecule has 0 aliphatic carbocycles. The number of carbonyl (C=O) groups is 6. The van der Waals surface area contributed by atoms with Gasteiger partial charge in [-0.25, -0.2) is 28.8 Å². The van der Waals surface area contributed by atoms with E-state index >= 15 is 0 Å². The molecule has 59 heavy (non-hydrogen) atoms. The lowest BCUT2D eigenvalue weighted by Gasteiger charge is -2.37. The van der Waals surface area contributed by atoms with Gasteiger partial charge in [0.25, 0.3) is 35.0 Å². The van der Waals surface area contributed by atoms with Gasteiger partial charge in [0.15, 0.2) is 0 Å². The lowest BCUT2D eigenvalue weighted by atomic mass is 9.97. The molecular weight excluding hydrogens is 772 g/mol. The van der Waals surface area contributed by atoms with E-state index in [0.29, 0.717) is 44.9 Å². The number of aliphatic hydroxyl groups is 2. The molecule has 16 nitrogen and oxygen atoms in total. The standard InChI is InChI=1S/C43H52O16/c1-7-25-43(58-38(50)31(39(51)59-43)24-18-14-16-22-29-34(46)54-41(10-4,11-5)55-35(29)47)27-20-19-26-42(12-6)56-36(48)30(37(49)57-42)23-17-13-15-21-28-32(44)52-40(8-2,9-3)53-33(28)45/h13-18,21-24,44,46H,7-12,19-20,25-27H2,1-6H3. The fraction of sp³-hybridized carbons (Fsp3) is 0.488. The van der Waals surface area contributed by atoms with Gasteiger partial charge in [-0.15, -0.1) is 0 Å². The van der Waals surface area contributed by atoms with E-state index in [2.05, 4.69) is 0 Å². The number of esters is 6. The van der Waals surface area contributed by atoms with E-state index in [1.165, 1.54) is 60.8 Å². The maximum absolute atomic E-state index is 13.0. The molecule has 0 saturated carbocycles. The molecule has 0 amide bonds. The van der Waals surface area contributed by atoms with Gasteiger partial charge in [0.05, 0.1) is 0 Å². The molecular formula is C43H52O16. The van der Waals surface area contributed by atoms with E-state index < -0.39 is 70.9 Å². The van der Waals surface area contributed by atoms with Gasteiger partial charge in [-0.05, 0) is 43.6 Å². The van der Waals surface area contributed by atoms with E-state index in [9.17, 15) is 39.0 Å². The molecule has 0 aromatic carbocycles. The molecule has 2 fully saturated rings. The molecule has 4 rings (SSSR count). The maximum Gasteiger partial charge on any atom is 0.348 e. The highest BCUT2D eigenvalue weighted by molar-refractivity contribution is 6.16. The first-order chi connectivity index (χ1) is 28.1. The molecule has 0 atom stereocenters.